The molecule has 2 atom stereocenters. The number of hydrogen-bond donors (Lipinski definition) is 0. The van der Waals surface area contributed by atoms with Gasteiger partial charge in [-0.15, -0.1) is 0 Å². The minimum atomic E-state index is -3.47. The van der Waals surface area contributed by atoms with Crippen LogP contribution in [0.4, 0.5) is 0 Å². The van der Waals surface area contributed by atoms with E-state index < -0.39 is 10.0 Å². The van der Waals surface area contributed by atoms with Gasteiger partial charge in [-0.05, 0) is 44.5 Å². The van der Waals surface area contributed by atoms with Gasteiger partial charge in [-0.25, -0.2) is 8.42 Å². The number of benzene rings is 1. The van der Waals surface area contributed by atoms with Crippen LogP contribution in [-0.4, -0.2) is 44.6 Å². The van der Waals surface area contributed by atoms with E-state index in [2.05, 4.69) is 6.92 Å². The Balaban J connectivity index is 2.09. The smallest absolute Gasteiger partial charge is 0.243 e. The summed E-state index contributed by atoms with van der Waals surface area (Å²) in [7, 11) is -3.47. The number of morpholine rings is 1. The summed E-state index contributed by atoms with van der Waals surface area (Å²) in [6.45, 7) is 7.32. The van der Waals surface area contributed by atoms with Gasteiger partial charge in [0, 0.05) is 13.1 Å². The van der Waals surface area contributed by atoms with Crippen molar-refractivity contribution in [2.75, 3.05) is 19.7 Å². The fourth-order valence-electron chi connectivity index (χ4n) is 2.52. The van der Waals surface area contributed by atoms with Crippen molar-refractivity contribution in [3.05, 3.63) is 24.3 Å². The van der Waals surface area contributed by atoms with Crippen LogP contribution in [-0.2, 0) is 14.8 Å². The van der Waals surface area contributed by atoms with Gasteiger partial charge in [0.2, 0.25) is 10.0 Å². The maximum atomic E-state index is 12.7. The quantitative estimate of drug-likeness (QED) is 0.754. The molecule has 0 radical (unpaired) electrons. The topological polar surface area (TPSA) is 55.8 Å². The summed E-state index contributed by atoms with van der Waals surface area (Å²) < 4.78 is 38.0. The standard InChI is InChI=1S/C16H25NO4S/c1-4-5-10-20-15-6-8-16(9-7-15)22(18,19)17-11-13(2)21-14(3)12-17/h6-9,13-14H,4-5,10-12H2,1-3H3/t13-,14-/m0/s1. The van der Waals surface area contributed by atoms with E-state index in [1.54, 1.807) is 24.3 Å². The van der Waals surface area contributed by atoms with Gasteiger partial charge in [0.1, 0.15) is 5.75 Å². The normalized spacial score (nSPS) is 23.4. The Labute approximate surface area is 133 Å². The lowest BCUT2D eigenvalue weighted by atomic mass is 10.3. The number of ether oxygens (including phenoxy) is 2. The Kier molecular flexibility index (Phi) is 5.83. The molecule has 5 nitrogen and oxygen atoms in total. The molecule has 1 saturated heterocycles. The average molecular weight is 327 g/mol. The highest BCUT2D eigenvalue weighted by Gasteiger charge is 2.32. The van der Waals surface area contributed by atoms with Crippen molar-refractivity contribution in [3.8, 4) is 5.75 Å². The van der Waals surface area contributed by atoms with E-state index in [9.17, 15) is 8.42 Å². The number of sulfonamides is 1. The van der Waals surface area contributed by atoms with Crippen LogP contribution in [0.3, 0.4) is 0 Å². The van der Waals surface area contributed by atoms with E-state index in [-0.39, 0.29) is 12.2 Å². The average Bonchev–Trinajstić information content (AvgIpc) is 2.47. The molecule has 6 heteroatoms. The molecule has 1 heterocycles. The zero-order valence-electron chi connectivity index (χ0n) is 13.5. The van der Waals surface area contributed by atoms with Crippen LogP contribution in [0.15, 0.2) is 29.2 Å². The minimum absolute atomic E-state index is 0.0878. The van der Waals surface area contributed by atoms with Gasteiger partial charge in [-0.1, -0.05) is 13.3 Å². The molecule has 1 aliphatic rings. The third-order valence-corrected chi connectivity index (χ3v) is 5.46. The zero-order chi connectivity index (χ0) is 16.2. The molecule has 0 aromatic heterocycles. The van der Waals surface area contributed by atoms with Crippen molar-refractivity contribution >= 4 is 10.0 Å². The molecule has 0 amide bonds. The second-order valence-corrected chi connectivity index (χ2v) is 7.69. The Morgan fingerprint density at radius 1 is 1.18 bits per heavy atom. The van der Waals surface area contributed by atoms with Crippen LogP contribution in [0, 0.1) is 0 Å². The van der Waals surface area contributed by atoms with Crippen molar-refractivity contribution < 1.29 is 17.9 Å². The molecule has 2 rings (SSSR count). The highest BCUT2D eigenvalue weighted by Crippen LogP contribution is 2.23. The second-order valence-electron chi connectivity index (χ2n) is 5.75. The predicted molar refractivity (Wildman–Crippen MR) is 85.6 cm³/mol. The van der Waals surface area contributed by atoms with E-state index in [1.165, 1.54) is 4.31 Å². The molecular weight excluding hydrogens is 302 g/mol. The summed E-state index contributed by atoms with van der Waals surface area (Å²) in [5, 5.41) is 0. The molecule has 0 unspecified atom stereocenters. The first kappa shape index (κ1) is 17.2. The van der Waals surface area contributed by atoms with E-state index in [4.69, 9.17) is 9.47 Å². The fourth-order valence-corrected chi connectivity index (χ4v) is 4.11. The Bertz CT molecular complexity index is 560. The van der Waals surface area contributed by atoms with Gasteiger partial charge >= 0.3 is 0 Å². The Morgan fingerprint density at radius 2 is 1.77 bits per heavy atom. The summed E-state index contributed by atoms with van der Waals surface area (Å²) >= 11 is 0. The number of nitrogens with zero attached hydrogens (tertiary/aromatic N) is 1. The second kappa shape index (κ2) is 7.44. The summed E-state index contributed by atoms with van der Waals surface area (Å²) in [5.74, 6) is 0.705. The SMILES string of the molecule is CCCCOc1ccc(S(=O)(=O)N2C[C@H](C)O[C@@H](C)C2)cc1. The van der Waals surface area contributed by atoms with Crippen LogP contribution in [0.5, 0.6) is 5.75 Å². The first-order chi connectivity index (χ1) is 10.4. The highest BCUT2D eigenvalue weighted by molar-refractivity contribution is 7.89. The van der Waals surface area contributed by atoms with E-state index in [0.717, 1.165) is 12.8 Å². The van der Waals surface area contributed by atoms with Crippen LogP contribution in [0.1, 0.15) is 33.6 Å². The van der Waals surface area contributed by atoms with Crippen LogP contribution in [0.25, 0.3) is 0 Å². The van der Waals surface area contributed by atoms with E-state index >= 15 is 0 Å². The third kappa shape index (κ3) is 4.21. The minimum Gasteiger partial charge on any atom is -0.494 e. The number of rotatable bonds is 6. The summed E-state index contributed by atoms with van der Waals surface area (Å²) in [6.07, 6.45) is 1.88. The van der Waals surface area contributed by atoms with Gasteiger partial charge in [0.05, 0.1) is 23.7 Å². The summed E-state index contributed by atoms with van der Waals surface area (Å²) in [6, 6.07) is 6.66. The van der Waals surface area contributed by atoms with Gasteiger partial charge in [-0.2, -0.15) is 4.31 Å². The summed E-state index contributed by atoms with van der Waals surface area (Å²) in [4.78, 5) is 0.302. The van der Waals surface area contributed by atoms with Gasteiger partial charge in [-0.3, -0.25) is 0 Å². The first-order valence-corrected chi connectivity index (χ1v) is 9.26. The first-order valence-electron chi connectivity index (χ1n) is 7.82. The molecule has 1 fully saturated rings. The molecule has 1 aromatic carbocycles. The Hall–Kier alpha value is -1.11. The van der Waals surface area contributed by atoms with Gasteiger partial charge in [0.15, 0.2) is 0 Å². The fraction of sp³-hybridized carbons (Fsp3) is 0.625. The monoisotopic (exact) mass is 327 g/mol. The molecule has 0 bridgehead atoms. The van der Waals surface area contributed by atoms with Crippen molar-refractivity contribution in [1.82, 2.24) is 4.31 Å². The largest absolute Gasteiger partial charge is 0.494 e. The summed E-state index contributed by atoms with van der Waals surface area (Å²) in [5.41, 5.74) is 0. The number of hydrogen-bond acceptors (Lipinski definition) is 4. The lowest BCUT2D eigenvalue weighted by molar-refractivity contribution is -0.0440. The van der Waals surface area contributed by atoms with E-state index in [0.29, 0.717) is 30.3 Å². The maximum Gasteiger partial charge on any atom is 0.243 e. The van der Waals surface area contributed by atoms with Crippen LogP contribution < -0.4 is 4.74 Å². The highest BCUT2D eigenvalue weighted by atomic mass is 32.2. The molecule has 0 saturated carbocycles. The van der Waals surface area contributed by atoms with Crippen LogP contribution >= 0.6 is 0 Å². The van der Waals surface area contributed by atoms with E-state index in [1.807, 2.05) is 13.8 Å². The lowest BCUT2D eigenvalue weighted by Crippen LogP contribution is -2.48. The van der Waals surface area contributed by atoms with Gasteiger partial charge < -0.3 is 9.47 Å². The molecule has 0 spiro atoms. The van der Waals surface area contributed by atoms with Crippen molar-refractivity contribution in [3.63, 3.8) is 0 Å². The third-order valence-electron chi connectivity index (χ3n) is 3.61. The predicted octanol–water partition coefficient (Wildman–Crippen LogP) is 2.66. The van der Waals surface area contributed by atoms with Crippen molar-refractivity contribution in [2.24, 2.45) is 0 Å². The molecule has 0 aliphatic carbocycles. The molecule has 1 aliphatic heterocycles. The molecule has 0 N–H and O–H groups in total. The van der Waals surface area contributed by atoms with Crippen molar-refractivity contribution in [1.29, 1.82) is 0 Å². The Morgan fingerprint density at radius 3 is 2.32 bits per heavy atom. The molecule has 22 heavy (non-hydrogen) atoms. The maximum absolute atomic E-state index is 12.7. The number of unbranched alkanes of at least 4 members (excludes halogenated alkanes) is 1. The molecular formula is C16H25NO4S. The van der Waals surface area contributed by atoms with Crippen LogP contribution in [0.2, 0.25) is 0 Å². The lowest BCUT2D eigenvalue weighted by Gasteiger charge is -2.34. The zero-order valence-corrected chi connectivity index (χ0v) is 14.3. The van der Waals surface area contributed by atoms with Crippen molar-refractivity contribution in [2.45, 2.75) is 50.7 Å². The van der Waals surface area contributed by atoms with Gasteiger partial charge in [0.25, 0.3) is 0 Å². The molecule has 124 valence electrons. The molecule has 1 aromatic rings.